The van der Waals surface area contributed by atoms with E-state index in [0.717, 1.165) is 42.5 Å². The van der Waals surface area contributed by atoms with E-state index in [0.29, 0.717) is 25.1 Å². The van der Waals surface area contributed by atoms with Crippen LogP contribution in [0.15, 0.2) is 35.5 Å². The lowest BCUT2D eigenvalue weighted by Gasteiger charge is -2.19. The van der Waals surface area contributed by atoms with Crippen molar-refractivity contribution in [2.45, 2.75) is 45.6 Å². The van der Waals surface area contributed by atoms with Crippen LogP contribution < -0.4 is 10.6 Å². The number of allylic oxidation sites excluding steroid dienone is 2. The molecule has 1 aromatic rings. The SMILES string of the molecule is CNC1=C(C(=O)c2ccc(CNC(=O)COCCCOC(C)=O)cc2)CCCC1. The summed E-state index contributed by atoms with van der Waals surface area (Å²) >= 11 is 0. The van der Waals surface area contributed by atoms with Crippen LogP contribution in [0.25, 0.3) is 0 Å². The van der Waals surface area contributed by atoms with Gasteiger partial charge in [0, 0.05) is 43.8 Å². The maximum atomic E-state index is 12.8. The van der Waals surface area contributed by atoms with Gasteiger partial charge in [0.25, 0.3) is 0 Å². The van der Waals surface area contributed by atoms with Gasteiger partial charge in [-0.25, -0.2) is 0 Å². The topological polar surface area (TPSA) is 93.7 Å². The first kappa shape index (κ1) is 22.6. The van der Waals surface area contributed by atoms with Gasteiger partial charge in [0.2, 0.25) is 5.91 Å². The second-order valence-electron chi connectivity index (χ2n) is 6.96. The minimum Gasteiger partial charge on any atom is -0.466 e. The van der Waals surface area contributed by atoms with Crippen LogP contribution in [0.5, 0.6) is 0 Å². The van der Waals surface area contributed by atoms with Crippen molar-refractivity contribution in [2.75, 3.05) is 26.9 Å². The predicted molar refractivity (Wildman–Crippen MR) is 109 cm³/mol. The van der Waals surface area contributed by atoms with Crippen molar-refractivity contribution in [3.05, 3.63) is 46.7 Å². The number of carbonyl (C=O) groups excluding carboxylic acids is 3. The lowest BCUT2D eigenvalue weighted by atomic mass is 9.90. The number of ether oxygens (including phenoxy) is 2. The number of hydrogen-bond donors (Lipinski definition) is 2. The van der Waals surface area contributed by atoms with E-state index in [1.54, 1.807) is 0 Å². The van der Waals surface area contributed by atoms with Crippen LogP contribution in [0.2, 0.25) is 0 Å². The molecule has 0 radical (unpaired) electrons. The number of esters is 1. The van der Waals surface area contributed by atoms with Gasteiger partial charge in [-0.1, -0.05) is 24.3 Å². The summed E-state index contributed by atoms with van der Waals surface area (Å²) < 4.78 is 10.0. The molecule has 0 fully saturated rings. The Labute approximate surface area is 171 Å². The first-order valence-electron chi connectivity index (χ1n) is 10.0. The first-order valence-corrected chi connectivity index (χ1v) is 10.0. The summed E-state index contributed by atoms with van der Waals surface area (Å²) in [7, 11) is 1.86. The molecule has 2 N–H and O–H groups in total. The molecule has 0 atom stereocenters. The zero-order chi connectivity index (χ0) is 21.1. The number of carbonyl (C=O) groups is 3. The average molecular weight is 402 g/mol. The normalized spacial score (nSPS) is 13.7. The molecular formula is C22H30N2O5. The summed E-state index contributed by atoms with van der Waals surface area (Å²) in [6.45, 7) is 2.31. The number of nitrogens with one attached hydrogen (secondary N) is 2. The van der Waals surface area contributed by atoms with Gasteiger partial charge in [0.05, 0.1) is 13.2 Å². The van der Waals surface area contributed by atoms with E-state index >= 15 is 0 Å². The Hall–Kier alpha value is -2.67. The molecule has 29 heavy (non-hydrogen) atoms. The third kappa shape index (κ3) is 7.69. The maximum absolute atomic E-state index is 12.8. The standard InChI is InChI=1S/C22H30N2O5/c1-16(25)29-13-5-12-28-15-21(26)24-14-17-8-10-18(11-9-17)22(27)19-6-3-4-7-20(19)23-2/h8-11,23H,3-7,12-15H2,1-2H3,(H,24,26). The number of benzene rings is 1. The number of hydrogen-bond acceptors (Lipinski definition) is 6. The van der Waals surface area contributed by atoms with Crippen molar-refractivity contribution in [3.8, 4) is 0 Å². The van der Waals surface area contributed by atoms with Crippen molar-refractivity contribution < 1.29 is 23.9 Å². The van der Waals surface area contributed by atoms with Crippen molar-refractivity contribution in [1.29, 1.82) is 0 Å². The highest BCUT2D eigenvalue weighted by Gasteiger charge is 2.19. The van der Waals surface area contributed by atoms with Gasteiger partial charge in [-0.2, -0.15) is 0 Å². The number of rotatable bonds is 11. The smallest absolute Gasteiger partial charge is 0.302 e. The Balaban J connectivity index is 1.75. The highest BCUT2D eigenvalue weighted by atomic mass is 16.5. The molecule has 2 rings (SSSR count). The van der Waals surface area contributed by atoms with Crippen molar-refractivity contribution in [1.82, 2.24) is 10.6 Å². The first-order chi connectivity index (χ1) is 14.0. The monoisotopic (exact) mass is 402 g/mol. The molecule has 158 valence electrons. The van der Waals surface area contributed by atoms with Gasteiger partial charge in [0.15, 0.2) is 5.78 Å². The van der Waals surface area contributed by atoms with Crippen LogP contribution in [-0.2, 0) is 25.6 Å². The van der Waals surface area contributed by atoms with Gasteiger partial charge in [0.1, 0.15) is 6.61 Å². The number of amides is 1. The quantitative estimate of drug-likeness (QED) is 0.336. The molecule has 0 unspecified atom stereocenters. The highest BCUT2D eigenvalue weighted by Crippen LogP contribution is 2.25. The molecule has 0 aromatic heterocycles. The van der Waals surface area contributed by atoms with Crippen molar-refractivity contribution >= 4 is 17.7 Å². The van der Waals surface area contributed by atoms with Crippen molar-refractivity contribution in [2.24, 2.45) is 0 Å². The third-order valence-corrected chi connectivity index (χ3v) is 4.72. The van der Waals surface area contributed by atoms with Gasteiger partial charge >= 0.3 is 5.97 Å². The lowest BCUT2D eigenvalue weighted by Crippen LogP contribution is -2.27. The highest BCUT2D eigenvalue weighted by molar-refractivity contribution is 6.09. The second-order valence-corrected chi connectivity index (χ2v) is 6.96. The number of Topliss-reactive ketones (excluding diaryl/α,β-unsaturated/α-hetero) is 1. The lowest BCUT2D eigenvalue weighted by molar-refractivity contribution is -0.141. The molecule has 0 saturated heterocycles. The van der Waals surface area contributed by atoms with Crippen molar-refractivity contribution in [3.63, 3.8) is 0 Å². The van der Waals surface area contributed by atoms with E-state index < -0.39 is 0 Å². The molecular weight excluding hydrogens is 372 g/mol. The Bertz CT molecular complexity index is 740. The van der Waals surface area contributed by atoms with E-state index in [1.165, 1.54) is 6.92 Å². The largest absolute Gasteiger partial charge is 0.466 e. The number of ketones is 1. The van der Waals surface area contributed by atoms with E-state index in [1.807, 2.05) is 31.3 Å². The molecule has 7 nitrogen and oxygen atoms in total. The Kier molecular flexibility index (Phi) is 9.37. The van der Waals surface area contributed by atoms with E-state index in [-0.39, 0.29) is 30.9 Å². The van der Waals surface area contributed by atoms with E-state index in [4.69, 9.17) is 9.47 Å². The fourth-order valence-electron chi connectivity index (χ4n) is 3.17. The average Bonchev–Trinajstić information content (AvgIpc) is 2.74. The molecule has 0 saturated carbocycles. The molecule has 7 heteroatoms. The van der Waals surface area contributed by atoms with Crippen LogP contribution in [0.3, 0.4) is 0 Å². The summed E-state index contributed by atoms with van der Waals surface area (Å²) in [5.74, 6) is -0.469. The van der Waals surface area contributed by atoms with Gasteiger partial charge < -0.3 is 20.1 Å². The van der Waals surface area contributed by atoms with Gasteiger partial charge in [-0.3, -0.25) is 14.4 Å². The maximum Gasteiger partial charge on any atom is 0.302 e. The summed E-state index contributed by atoms with van der Waals surface area (Å²) in [6.07, 6.45) is 4.44. The zero-order valence-corrected chi connectivity index (χ0v) is 17.2. The summed E-state index contributed by atoms with van der Waals surface area (Å²) in [6, 6.07) is 7.33. The predicted octanol–water partition coefficient (Wildman–Crippen LogP) is 2.50. The van der Waals surface area contributed by atoms with Gasteiger partial charge in [-0.15, -0.1) is 0 Å². The molecule has 1 aliphatic carbocycles. The summed E-state index contributed by atoms with van der Waals surface area (Å²) in [5, 5.41) is 5.94. The molecule has 1 amide bonds. The van der Waals surface area contributed by atoms with E-state index in [9.17, 15) is 14.4 Å². The van der Waals surface area contributed by atoms with Crippen LogP contribution in [-0.4, -0.2) is 44.5 Å². The third-order valence-electron chi connectivity index (χ3n) is 4.72. The Morgan fingerprint density at radius 1 is 1.03 bits per heavy atom. The Morgan fingerprint density at radius 2 is 1.76 bits per heavy atom. The zero-order valence-electron chi connectivity index (χ0n) is 17.2. The van der Waals surface area contributed by atoms with Crippen LogP contribution >= 0.6 is 0 Å². The summed E-state index contributed by atoms with van der Waals surface area (Å²) in [4.78, 5) is 35.2. The second kappa shape index (κ2) is 12.0. The van der Waals surface area contributed by atoms with Crippen LogP contribution in [0.1, 0.15) is 54.9 Å². The molecule has 0 bridgehead atoms. The molecule has 0 spiro atoms. The molecule has 0 heterocycles. The van der Waals surface area contributed by atoms with E-state index in [2.05, 4.69) is 10.6 Å². The fourth-order valence-corrected chi connectivity index (χ4v) is 3.17. The summed E-state index contributed by atoms with van der Waals surface area (Å²) in [5.41, 5.74) is 3.51. The van der Waals surface area contributed by atoms with Crippen LogP contribution in [0.4, 0.5) is 0 Å². The van der Waals surface area contributed by atoms with Gasteiger partial charge in [-0.05, 0) is 31.2 Å². The van der Waals surface area contributed by atoms with Crippen LogP contribution in [0, 0.1) is 0 Å². The Morgan fingerprint density at radius 3 is 2.45 bits per heavy atom. The molecule has 1 aromatic carbocycles. The molecule has 1 aliphatic rings. The minimum absolute atomic E-state index is 0.0441. The molecule has 0 aliphatic heterocycles. The fraction of sp³-hybridized carbons (Fsp3) is 0.500. The minimum atomic E-state index is -0.326.